The Morgan fingerprint density at radius 3 is 2.52 bits per heavy atom. The van der Waals surface area contributed by atoms with E-state index in [0.29, 0.717) is 12.0 Å². The van der Waals surface area contributed by atoms with Crippen LogP contribution in [0.25, 0.3) is 0 Å². The number of hydrazone groups is 1. The molecule has 0 spiro atoms. The Labute approximate surface area is 171 Å². The first kappa shape index (κ1) is 22.4. The number of benzene rings is 1. The van der Waals surface area contributed by atoms with E-state index in [9.17, 15) is 14.4 Å². The van der Waals surface area contributed by atoms with Gasteiger partial charge in [-0.1, -0.05) is 38.1 Å². The Kier molecular flexibility index (Phi) is 7.00. The van der Waals surface area contributed by atoms with Crippen molar-refractivity contribution in [1.29, 1.82) is 0 Å². The fraction of sp³-hybridized carbons (Fsp3) is 0.524. The Morgan fingerprint density at radius 1 is 1.24 bits per heavy atom. The average molecular weight is 402 g/mol. The van der Waals surface area contributed by atoms with Crippen molar-refractivity contribution in [3.63, 3.8) is 0 Å². The van der Waals surface area contributed by atoms with Gasteiger partial charge in [0.15, 0.2) is 0 Å². The van der Waals surface area contributed by atoms with Crippen LogP contribution in [0.1, 0.15) is 58.2 Å². The molecule has 1 aliphatic rings. The van der Waals surface area contributed by atoms with Crippen LogP contribution in [-0.2, 0) is 14.3 Å². The third-order valence-electron chi connectivity index (χ3n) is 4.24. The first-order valence-electron chi connectivity index (χ1n) is 9.68. The van der Waals surface area contributed by atoms with Crippen LogP contribution < -0.4 is 10.6 Å². The second-order valence-corrected chi connectivity index (χ2v) is 8.51. The lowest BCUT2D eigenvalue weighted by molar-refractivity contribution is -0.136. The molecular weight excluding hydrogens is 372 g/mol. The summed E-state index contributed by atoms with van der Waals surface area (Å²) < 4.78 is 5.28. The maximum atomic E-state index is 13.0. The normalized spacial score (nSPS) is 17.4. The summed E-state index contributed by atoms with van der Waals surface area (Å²) in [6.45, 7) is 9.15. The number of carbonyl (C=O) groups is 3. The van der Waals surface area contributed by atoms with E-state index in [2.05, 4.69) is 15.7 Å². The number of likely N-dealkylation sites (N-methyl/N-ethyl adjacent to an activating group) is 1. The summed E-state index contributed by atoms with van der Waals surface area (Å²) in [5.74, 6) is -0.669. The quantitative estimate of drug-likeness (QED) is 0.791. The number of carbonyl (C=O) groups excluding carboxylic acids is 3. The second kappa shape index (κ2) is 9.07. The minimum Gasteiger partial charge on any atom is -0.444 e. The molecule has 1 aromatic rings. The van der Waals surface area contributed by atoms with Crippen LogP contribution in [0.5, 0.6) is 0 Å². The van der Waals surface area contributed by atoms with Crippen LogP contribution >= 0.6 is 0 Å². The van der Waals surface area contributed by atoms with Gasteiger partial charge >= 0.3 is 6.09 Å². The zero-order chi connectivity index (χ0) is 21.8. The number of hydrogen-bond donors (Lipinski definition) is 2. The largest absolute Gasteiger partial charge is 0.444 e. The Hall–Kier alpha value is -2.90. The van der Waals surface area contributed by atoms with Gasteiger partial charge in [0, 0.05) is 12.6 Å². The van der Waals surface area contributed by atoms with Crippen molar-refractivity contribution < 1.29 is 19.1 Å². The molecule has 2 atom stereocenters. The highest BCUT2D eigenvalue weighted by molar-refractivity contribution is 5.96. The van der Waals surface area contributed by atoms with E-state index in [1.807, 2.05) is 26.0 Å². The predicted molar refractivity (Wildman–Crippen MR) is 110 cm³/mol. The van der Waals surface area contributed by atoms with E-state index >= 15 is 0 Å². The van der Waals surface area contributed by atoms with Gasteiger partial charge in [0.2, 0.25) is 5.91 Å². The monoisotopic (exact) mass is 402 g/mol. The van der Waals surface area contributed by atoms with Gasteiger partial charge in [-0.15, -0.1) is 0 Å². The molecule has 3 amide bonds. The summed E-state index contributed by atoms with van der Waals surface area (Å²) >= 11 is 0. The zero-order valence-corrected chi connectivity index (χ0v) is 17.9. The average Bonchev–Trinajstić information content (AvgIpc) is 2.71. The van der Waals surface area contributed by atoms with Gasteiger partial charge in [0.05, 0.1) is 6.21 Å². The SMILES string of the molecule is CC(C)C[C@H](NC(=O)OC(C)(C)C)C(=O)NC1C(=O)N(C)N=Cc2ccccc21. The van der Waals surface area contributed by atoms with Crippen molar-refractivity contribution in [2.75, 3.05) is 7.05 Å². The number of hydrogen-bond acceptors (Lipinski definition) is 5. The third-order valence-corrected chi connectivity index (χ3v) is 4.24. The molecule has 8 nitrogen and oxygen atoms in total. The number of amides is 3. The van der Waals surface area contributed by atoms with E-state index in [-0.39, 0.29) is 11.8 Å². The Balaban J connectivity index is 2.23. The predicted octanol–water partition coefficient (Wildman–Crippen LogP) is 2.59. The van der Waals surface area contributed by atoms with Gasteiger partial charge in [-0.3, -0.25) is 9.59 Å². The molecule has 0 bridgehead atoms. The van der Waals surface area contributed by atoms with Gasteiger partial charge in [-0.05, 0) is 38.7 Å². The molecule has 0 saturated heterocycles. The van der Waals surface area contributed by atoms with Gasteiger partial charge in [0.25, 0.3) is 5.91 Å². The van der Waals surface area contributed by atoms with Crippen LogP contribution in [0, 0.1) is 5.92 Å². The molecule has 0 aromatic heterocycles. The van der Waals surface area contributed by atoms with Crippen molar-refractivity contribution in [2.45, 2.75) is 58.7 Å². The van der Waals surface area contributed by atoms with E-state index < -0.39 is 29.7 Å². The number of alkyl carbamates (subject to hydrolysis) is 1. The molecule has 1 aliphatic heterocycles. The maximum absolute atomic E-state index is 13.0. The van der Waals surface area contributed by atoms with Crippen LogP contribution in [0.2, 0.25) is 0 Å². The smallest absolute Gasteiger partial charge is 0.408 e. The molecule has 1 unspecified atom stereocenters. The molecule has 1 aromatic carbocycles. The summed E-state index contributed by atoms with van der Waals surface area (Å²) in [6, 6.07) is 5.51. The minimum atomic E-state index is -0.902. The molecule has 2 N–H and O–H groups in total. The summed E-state index contributed by atoms with van der Waals surface area (Å²) in [7, 11) is 1.54. The molecule has 158 valence electrons. The molecule has 0 fully saturated rings. The zero-order valence-electron chi connectivity index (χ0n) is 17.9. The number of fused-ring (bicyclic) bond motifs is 1. The Bertz CT molecular complexity index is 798. The molecule has 8 heteroatoms. The van der Waals surface area contributed by atoms with Crippen molar-refractivity contribution in [3.8, 4) is 0 Å². The highest BCUT2D eigenvalue weighted by Gasteiger charge is 2.33. The number of nitrogens with one attached hydrogen (secondary N) is 2. The summed E-state index contributed by atoms with van der Waals surface area (Å²) in [4.78, 5) is 38.0. The lowest BCUT2D eigenvalue weighted by Crippen LogP contribution is -2.51. The number of ether oxygens (including phenoxy) is 1. The van der Waals surface area contributed by atoms with Crippen molar-refractivity contribution >= 4 is 24.1 Å². The third kappa shape index (κ3) is 6.30. The van der Waals surface area contributed by atoms with Crippen LogP contribution in [-0.4, -0.2) is 47.8 Å². The maximum Gasteiger partial charge on any atom is 0.408 e. The second-order valence-electron chi connectivity index (χ2n) is 8.51. The summed E-state index contributed by atoms with van der Waals surface area (Å²) in [6.07, 6.45) is 1.32. The molecule has 2 rings (SSSR count). The van der Waals surface area contributed by atoms with Gasteiger partial charge in [-0.25, -0.2) is 9.80 Å². The molecule has 1 heterocycles. The first-order chi connectivity index (χ1) is 13.5. The molecule has 29 heavy (non-hydrogen) atoms. The van der Waals surface area contributed by atoms with E-state index in [4.69, 9.17) is 4.74 Å². The summed E-state index contributed by atoms with van der Waals surface area (Å²) in [5.41, 5.74) is 0.717. The molecule has 0 saturated carbocycles. The van der Waals surface area contributed by atoms with Gasteiger partial charge in [0.1, 0.15) is 17.7 Å². The van der Waals surface area contributed by atoms with E-state index in [1.165, 1.54) is 12.1 Å². The summed E-state index contributed by atoms with van der Waals surface area (Å²) in [5, 5.41) is 10.7. The first-order valence-corrected chi connectivity index (χ1v) is 9.68. The highest BCUT2D eigenvalue weighted by atomic mass is 16.6. The standard InChI is InChI=1S/C21H30N4O4/c1-13(2)11-16(23-20(28)29-21(3,4)5)18(26)24-17-15-10-8-7-9-14(15)12-22-25(6)19(17)27/h7-10,12-13,16-17H,11H2,1-6H3,(H,23,28)(H,24,26)/t16-,17?/m0/s1. The fourth-order valence-electron chi connectivity index (χ4n) is 2.95. The Morgan fingerprint density at radius 2 is 1.90 bits per heavy atom. The van der Waals surface area contributed by atoms with Crippen molar-refractivity contribution in [2.24, 2.45) is 11.0 Å². The molecule has 0 radical (unpaired) electrons. The van der Waals surface area contributed by atoms with Gasteiger partial charge in [-0.2, -0.15) is 5.10 Å². The minimum absolute atomic E-state index is 0.142. The van der Waals surface area contributed by atoms with Crippen LogP contribution in [0.3, 0.4) is 0 Å². The van der Waals surface area contributed by atoms with Crippen molar-refractivity contribution in [3.05, 3.63) is 35.4 Å². The van der Waals surface area contributed by atoms with Crippen LogP contribution in [0.4, 0.5) is 4.79 Å². The number of rotatable bonds is 5. The van der Waals surface area contributed by atoms with E-state index in [1.54, 1.807) is 39.1 Å². The van der Waals surface area contributed by atoms with Crippen LogP contribution in [0.15, 0.2) is 29.4 Å². The lowest BCUT2D eigenvalue weighted by Gasteiger charge is -2.26. The molecule has 0 aliphatic carbocycles. The highest BCUT2D eigenvalue weighted by Crippen LogP contribution is 2.22. The van der Waals surface area contributed by atoms with Crippen molar-refractivity contribution in [1.82, 2.24) is 15.6 Å². The van der Waals surface area contributed by atoms with E-state index in [0.717, 1.165) is 5.56 Å². The number of nitrogens with zero attached hydrogens (tertiary/aromatic N) is 2. The topological polar surface area (TPSA) is 100 Å². The fourth-order valence-corrected chi connectivity index (χ4v) is 2.95. The lowest BCUT2D eigenvalue weighted by atomic mass is 9.98. The van der Waals surface area contributed by atoms with Gasteiger partial charge < -0.3 is 15.4 Å². The molecular formula is C21H30N4O4.